The van der Waals surface area contributed by atoms with Crippen molar-refractivity contribution >= 4 is 32.6 Å². The van der Waals surface area contributed by atoms with Crippen LogP contribution < -0.4 is 4.90 Å². The molecule has 5 rings (SSSR count). The van der Waals surface area contributed by atoms with Crippen molar-refractivity contribution in [3.63, 3.8) is 0 Å². The summed E-state index contributed by atoms with van der Waals surface area (Å²) >= 11 is 1.000. The summed E-state index contributed by atoms with van der Waals surface area (Å²) in [7, 11) is 0. The van der Waals surface area contributed by atoms with Crippen LogP contribution in [0, 0.1) is 0 Å². The van der Waals surface area contributed by atoms with Crippen LogP contribution in [0.3, 0.4) is 0 Å². The zero-order valence-corrected chi connectivity index (χ0v) is 17.6. The quantitative estimate of drug-likeness (QED) is 0.297. The fourth-order valence-corrected chi connectivity index (χ4v) is 4.31. The molecule has 1 amide bonds. The van der Waals surface area contributed by atoms with E-state index in [9.17, 15) is 18.0 Å². The van der Waals surface area contributed by atoms with E-state index in [1.54, 1.807) is 18.2 Å². The lowest BCUT2D eigenvalue weighted by Gasteiger charge is -2.18. The Morgan fingerprint density at radius 1 is 1.00 bits per heavy atom. The largest absolute Gasteiger partial charge is 0.461 e. The summed E-state index contributed by atoms with van der Waals surface area (Å²) in [6, 6.07) is 17.7. The van der Waals surface area contributed by atoms with Crippen molar-refractivity contribution in [3.8, 4) is 11.5 Å². The first kappa shape index (κ1) is 21.0. The molecule has 0 N–H and O–H groups in total. The number of fused-ring (bicyclic) bond motifs is 1. The van der Waals surface area contributed by atoms with Gasteiger partial charge in [0.15, 0.2) is 16.6 Å². The number of thiazole rings is 1. The second kappa shape index (κ2) is 8.21. The third-order valence-corrected chi connectivity index (χ3v) is 5.91. The number of anilines is 1. The van der Waals surface area contributed by atoms with Gasteiger partial charge in [0.2, 0.25) is 5.76 Å². The van der Waals surface area contributed by atoms with Crippen molar-refractivity contribution in [2.45, 2.75) is 12.7 Å². The number of nitrogens with zero attached hydrogens (tertiary/aromatic N) is 3. The molecule has 0 aliphatic carbocycles. The van der Waals surface area contributed by atoms with Crippen LogP contribution in [0.5, 0.6) is 0 Å². The van der Waals surface area contributed by atoms with Gasteiger partial charge in [0.05, 0.1) is 28.6 Å². The zero-order valence-electron chi connectivity index (χ0n) is 16.7. The van der Waals surface area contributed by atoms with Gasteiger partial charge in [-0.25, -0.2) is 4.98 Å². The number of para-hydroxylation sites is 1. The van der Waals surface area contributed by atoms with Crippen LogP contribution >= 0.6 is 11.3 Å². The monoisotopic (exact) mass is 469 g/mol. The summed E-state index contributed by atoms with van der Waals surface area (Å²) in [6.45, 7) is 0.0871. The number of aromatic nitrogens is 2. The second-order valence-electron chi connectivity index (χ2n) is 7.08. The van der Waals surface area contributed by atoms with Crippen LogP contribution in [-0.2, 0) is 12.7 Å². The number of alkyl halides is 3. The van der Waals surface area contributed by atoms with Crippen LogP contribution in [0.4, 0.5) is 18.3 Å². The maximum absolute atomic E-state index is 13.5. The SMILES string of the molecule is O=C(c1cc(-c2ccco2)on1)N(Cc1ccccc1)c1nc2c(C(F)(F)F)cccc2s1. The number of halogens is 3. The lowest BCUT2D eigenvalue weighted by atomic mass is 10.2. The van der Waals surface area contributed by atoms with Gasteiger partial charge in [-0.2, -0.15) is 13.2 Å². The Balaban J connectivity index is 1.57. The number of amides is 1. The first-order valence-corrected chi connectivity index (χ1v) is 10.5. The van der Waals surface area contributed by atoms with Gasteiger partial charge >= 0.3 is 6.18 Å². The molecule has 0 radical (unpaired) electrons. The molecule has 0 unspecified atom stereocenters. The minimum Gasteiger partial charge on any atom is -0.461 e. The van der Waals surface area contributed by atoms with Gasteiger partial charge in [-0.15, -0.1) is 0 Å². The number of carbonyl (C=O) groups excluding carboxylic acids is 1. The van der Waals surface area contributed by atoms with Crippen molar-refractivity contribution in [2.75, 3.05) is 4.90 Å². The van der Waals surface area contributed by atoms with Gasteiger partial charge in [0, 0.05) is 6.07 Å². The van der Waals surface area contributed by atoms with Gasteiger partial charge in [-0.05, 0) is 29.8 Å². The first-order chi connectivity index (χ1) is 15.9. The van der Waals surface area contributed by atoms with Gasteiger partial charge in [0.1, 0.15) is 0 Å². The van der Waals surface area contributed by atoms with Gasteiger partial charge in [-0.1, -0.05) is 52.9 Å². The fourth-order valence-electron chi connectivity index (χ4n) is 3.32. The normalized spacial score (nSPS) is 11.7. The molecule has 0 bridgehead atoms. The van der Waals surface area contributed by atoms with Gasteiger partial charge < -0.3 is 8.94 Å². The number of benzene rings is 2. The van der Waals surface area contributed by atoms with E-state index in [4.69, 9.17) is 8.94 Å². The Morgan fingerprint density at radius 3 is 2.55 bits per heavy atom. The summed E-state index contributed by atoms with van der Waals surface area (Å²) < 4.78 is 51.3. The van der Waals surface area contributed by atoms with Crippen molar-refractivity contribution in [1.82, 2.24) is 10.1 Å². The average Bonchev–Trinajstić information content (AvgIpc) is 3.56. The van der Waals surface area contributed by atoms with Crippen LogP contribution in [0.2, 0.25) is 0 Å². The molecule has 0 fully saturated rings. The molecule has 166 valence electrons. The topological polar surface area (TPSA) is 72.4 Å². The molecule has 0 aliphatic heterocycles. The highest BCUT2D eigenvalue weighted by molar-refractivity contribution is 7.22. The standard InChI is InChI=1S/C23H14F3N3O3S/c24-23(25,26)15-8-4-10-19-20(15)27-22(33-19)29(13-14-6-2-1-3-7-14)21(30)16-12-18(32-28-16)17-9-5-11-31-17/h1-12H,13H2. The highest BCUT2D eigenvalue weighted by Gasteiger charge is 2.34. The van der Waals surface area contributed by atoms with E-state index in [1.807, 2.05) is 30.3 Å². The molecule has 2 aromatic carbocycles. The summed E-state index contributed by atoms with van der Waals surface area (Å²) in [5.41, 5.74) is -0.299. The number of furan rings is 1. The van der Waals surface area contributed by atoms with E-state index >= 15 is 0 Å². The van der Waals surface area contributed by atoms with Gasteiger partial charge in [-0.3, -0.25) is 9.69 Å². The van der Waals surface area contributed by atoms with Crippen LogP contribution in [0.1, 0.15) is 21.6 Å². The fraction of sp³-hybridized carbons (Fsp3) is 0.0870. The molecule has 10 heteroatoms. The lowest BCUT2D eigenvalue weighted by Crippen LogP contribution is -2.30. The summed E-state index contributed by atoms with van der Waals surface area (Å²) in [5.74, 6) is 0.0886. The molecule has 0 aliphatic rings. The Labute approximate surface area is 188 Å². The molecule has 0 spiro atoms. The molecule has 0 saturated carbocycles. The lowest BCUT2D eigenvalue weighted by molar-refractivity contribution is -0.136. The average molecular weight is 469 g/mol. The van der Waals surface area contributed by atoms with E-state index in [1.165, 1.54) is 23.3 Å². The molecule has 33 heavy (non-hydrogen) atoms. The molecular formula is C23H14F3N3O3S. The van der Waals surface area contributed by atoms with Crippen molar-refractivity contribution in [1.29, 1.82) is 0 Å². The summed E-state index contributed by atoms with van der Waals surface area (Å²) in [5, 5.41) is 3.96. The molecular weight excluding hydrogens is 455 g/mol. The third-order valence-electron chi connectivity index (χ3n) is 4.87. The summed E-state index contributed by atoms with van der Waals surface area (Å²) in [4.78, 5) is 18.9. The van der Waals surface area contributed by atoms with E-state index in [2.05, 4.69) is 10.1 Å². The van der Waals surface area contributed by atoms with E-state index in [0.717, 1.165) is 23.0 Å². The minimum atomic E-state index is -4.57. The minimum absolute atomic E-state index is 0.0207. The maximum atomic E-state index is 13.5. The van der Waals surface area contributed by atoms with Crippen molar-refractivity contribution in [2.24, 2.45) is 0 Å². The van der Waals surface area contributed by atoms with Crippen LogP contribution in [0.25, 0.3) is 21.7 Å². The van der Waals surface area contributed by atoms with Crippen LogP contribution in [-0.4, -0.2) is 16.0 Å². The van der Waals surface area contributed by atoms with Gasteiger partial charge in [0.25, 0.3) is 5.91 Å². The Kier molecular flexibility index (Phi) is 5.21. The van der Waals surface area contributed by atoms with Crippen molar-refractivity contribution < 1.29 is 26.9 Å². The molecule has 0 saturated heterocycles. The van der Waals surface area contributed by atoms with Crippen LogP contribution in [0.15, 0.2) is 81.9 Å². The third kappa shape index (κ3) is 4.12. The second-order valence-corrected chi connectivity index (χ2v) is 8.09. The first-order valence-electron chi connectivity index (χ1n) is 9.73. The number of carbonyl (C=O) groups is 1. The predicted molar refractivity (Wildman–Crippen MR) is 116 cm³/mol. The molecule has 3 heterocycles. The molecule has 5 aromatic rings. The molecule has 0 atom stereocenters. The zero-order chi connectivity index (χ0) is 23.0. The Bertz CT molecular complexity index is 1410. The van der Waals surface area contributed by atoms with Crippen molar-refractivity contribution in [3.05, 3.63) is 89.8 Å². The molecule has 6 nitrogen and oxygen atoms in total. The number of hydrogen-bond donors (Lipinski definition) is 0. The smallest absolute Gasteiger partial charge is 0.418 e. The maximum Gasteiger partial charge on any atom is 0.418 e. The molecule has 3 aromatic heterocycles. The predicted octanol–water partition coefficient (Wildman–Crippen LogP) is 6.41. The Hall–Kier alpha value is -3.92. The summed E-state index contributed by atoms with van der Waals surface area (Å²) in [6.07, 6.45) is -3.11. The van der Waals surface area contributed by atoms with E-state index in [-0.39, 0.29) is 28.6 Å². The Morgan fingerprint density at radius 2 is 1.82 bits per heavy atom. The number of hydrogen-bond acceptors (Lipinski definition) is 6. The van der Waals surface area contributed by atoms with E-state index < -0.39 is 17.6 Å². The number of rotatable bonds is 5. The highest BCUT2D eigenvalue weighted by atomic mass is 32.1. The highest BCUT2D eigenvalue weighted by Crippen LogP contribution is 2.39. The van der Waals surface area contributed by atoms with E-state index in [0.29, 0.717) is 10.5 Å².